The van der Waals surface area contributed by atoms with Crippen LogP contribution in [-0.2, 0) is 11.3 Å². The Labute approximate surface area is 159 Å². The zero-order valence-corrected chi connectivity index (χ0v) is 15.4. The zero-order valence-electron chi connectivity index (χ0n) is 14.5. The number of benzene rings is 2. The lowest BCUT2D eigenvalue weighted by atomic mass is 10.1. The molecule has 0 fully saturated rings. The SMILES string of the molecule is Cc1nc2cc(NC(=O)Cn3nc(-c4ccccc4)ccc3=O)ccc2s1. The van der Waals surface area contributed by atoms with Gasteiger partial charge in [-0.1, -0.05) is 30.3 Å². The summed E-state index contributed by atoms with van der Waals surface area (Å²) in [5, 5.41) is 8.09. The lowest BCUT2D eigenvalue weighted by molar-refractivity contribution is -0.117. The Balaban J connectivity index is 1.54. The summed E-state index contributed by atoms with van der Waals surface area (Å²) in [5.74, 6) is -0.318. The molecule has 4 rings (SSSR count). The van der Waals surface area contributed by atoms with Crippen LogP contribution in [0.2, 0.25) is 0 Å². The molecule has 0 spiro atoms. The van der Waals surface area contributed by atoms with E-state index in [9.17, 15) is 9.59 Å². The first-order valence-corrected chi connectivity index (χ1v) is 9.21. The maximum atomic E-state index is 12.4. The average Bonchev–Trinajstić information content (AvgIpc) is 3.03. The summed E-state index contributed by atoms with van der Waals surface area (Å²) in [6, 6.07) is 18.2. The number of amides is 1. The minimum absolute atomic E-state index is 0.159. The van der Waals surface area contributed by atoms with Gasteiger partial charge in [0.1, 0.15) is 6.54 Å². The molecule has 7 heteroatoms. The first kappa shape index (κ1) is 17.1. The number of thiazole rings is 1. The van der Waals surface area contributed by atoms with Gasteiger partial charge >= 0.3 is 0 Å². The molecule has 2 aromatic carbocycles. The zero-order chi connectivity index (χ0) is 18.8. The van der Waals surface area contributed by atoms with Crippen LogP contribution in [0.4, 0.5) is 5.69 Å². The van der Waals surface area contributed by atoms with Gasteiger partial charge in [0.25, 0.3) is 5.56 Å². The second-order valence-corrected chi connectivity index (χ2v) is 7.28. The third-order valence-corrected chi connectivity index (χ3v) is 4.96. The number of hydrogen-bond donors (Lipinski definition) is 1. The maximum absolute atomic E-state index is 12.4. The summed E-state index contributed by atoms with van der Waals surface area (Å²) in [5.41, 5.74) is 2.69. The molecular formula is C20H16N4O2S. The molecule has 0 saturated heterocycles. The van der Waals surface area contributed by atoms with Crippen LogP contribution >= 0.6 is 11.3 Å². The summed E-state index contributed by atoms with van der Waals surface area (Å²) in [7, 11) is 0. The van der Waals surface area contributed by atoms with Crippen molar-refractivity contribution < 1.29 is 4.79 Å². The highest BCUT2D eigenvalue weighted by Gasteiger charge is 2.09. The van der Waals surface area contributed by atoms with Crippen molar-refractivity contribution in [3.05, 3.63) is 76.0 Å². The van der Waals surface area contributed by atoms with E-state index in [1.54, 1.807) is 17.4 Å². The van der Waals surface area contributed by atoms with Gasteiger partial charge in [0.15, 0.2) is 0 Å². The molecule has 0 aliphatic carbocycles. The fourth-order valence-electron chi connectivity index (χ4n) is 2.78. The van der Waals surface area contributed by atoms with E-state index in [0.717, 1.165) is 20.8 Å². The van der Waals surface area contributed by atoms with E-state index in [1.165, 1.54) is 10.7 Å². The van der Waals surface area contributed by atoms with Crippen LogP contribution < -0.4 is 10.9 Å². The molecule has 6 nitrogen and oxygen atoms in total. The molecule has 0 aliphatic rings. The normalized spacial score (nSPS) is 10.9. The van der Waals surface area contributed by atoms with Crippen molar-refractivity contribution in [1.29, 1.82) is 0 Å². The Kier molecular flexibility index (Phi) is 4.52. The van der Waals surface area contributed by atoms with Gasteiger partial charge in [-0.2, -0.15) is 5.10 Å². The second-order valence-electron chi connectivity index (χ2n) is 6.04. The van der Waals surface area contributed by atoms with Gasteiger partial charge in [0, 0.05) is 17.3 Å². The van der Waals surface area contributed by atoms with Crippen molar-refractivity contribution in [3.8, 4) is 11.3 Å². The third kappa shape index (κ3) is 3.78. The summed E-state index contributed by atoms with van der Waals surface area (Å²) >= 11 is 1.60. The summed E-state index contributed by atoms with van der Waals surface area (Å²) in [6.07, 6.45) is 0. The summed E-state index contributed by atoms with van der Waals surface area (Å²) in [4.78, 5) is 28.9. The number of carbonyl (C=O) groups excluding carboxylic acids is 1. The highest BCUT2D eigenvalue weighted by Crippen LogP contribution is 2.24. The molecule has 134 valence electrons. The number of hydrogen-bond acceptors (Lipinski definition) is 5. The molecular weight excluding hydrogens is 360 g/mol. The first-order valence-electron chi connectivity index (χ1n) is 8.39. The Bertz CT molecular complexity index is 1180. The lowest BCUT2D eigenvalue weighted by Crippen LogP contribution is -2.29. The van der Waals surface area contributed by atoms with Gasteiger partial charge in [-0.25, -0.2) is 9.67 Å². The average molecular weight is 376 g/mol. The van der Waals surface area contributed by atoms with Gasteiger partial charge in [-0.15, -0.1) is 11.3 Å². The van der Waals surface area contributed by atoms with E-state index >= 15 is 0 Å². The van der Waals surface area contributed by atoms with Crippen LogP contribution in [0.5, 0.6) is 0 Å². The fourth-order valence-corrected chi connectivity index (χ4v) is 3.59. The molecule has 2 aromatic heterocycles. The van der Waals surface area contributed by atoms with Crippen LogP contribution in [0.1, 0.15) is 5.01 Å². The highest BCUT2D eigenvalue weighted by molar-refractivity contribution is 7.18. The number of nitrogens with one attached hydrogen (secondary N) is 1. The number of anilines is 1. The number of aromatic nitrogens is 3. The predicted octanol–water partition coefficient (Wildman–Crippen LogP) is 3.47. The minimum atomic E-state index is -0.324. The molecule has 2 heterocycles. The smallest absolute Gasteiger partial charge is 0.267 e. The quantitative estimate of drug-likeness (QED) is 0.592. The molecule has 1 amide bonds. The number of rotatable bonds is 4. The van der Waals surface area contributed by atoms with E-state index in [1.807, 2.05) is 55.5 Å². The van der Waals surface area contributed by atoms with Crippen molar-refractivity contribution >= 4 is 33.1 Å². The van der Waals surface area contributed by atoms with Crippen molar-refractivity contribution in [2.45, 2.75) is 13.5 Å². The highest BCUT2D eigenvalue weighted by atomic mass is 32.1. The van der Waals surface area contributed by atoms with E-state index in [2.05, 4.69) is 15.4 Å². The van der Waals surface area contributed by atoms with Crippen LogP contribution in [0.25, 0.3) is 21.5 Å². The first-order chi connectivity index (χ1) is 13.1. The Morgan fingerprint density at radius 1 is 1.11 bits per heavy atom. The molecule has 27 heavy (non-hydrogen) atoms. The molecule has 4 aromatic rings. The Morgan fingerprint density at radius 3 is 2.74 bits per heavy atom. The van der Waals surface area contributed by atoms with E-state index in [0.29, 0.717) is 11.4 Å². The van der Waals surface area contributed by atoms with Crippen LogP contribution in [0.15, 0.2) is 65.5 Å². The fraction of sp³-hybridized carbons (Fsp3) is 0.100. The van der Waals surface area contributed by atoms with E-state index in [-0.39, 0.29) is 18.0 Å². The van der Waals surface area contributed by atoms with Crippen LogP contribution in [0.3, 0.4) is 0 Å². The van der Waals surface area contributed by atoms with Gasteiger partial charge in [-0.05, 0) is 31.2 Å². The second kappa shape index (κ2) is 7.13. The molecule has 0 radical (unpaired) electrons. The molecule has 0 saturated carbocycles. The molecule has 0 unspecified atom stereocenters. The number of fused-ring (bicyclic) bond motifs is 1. The van der Waals surface area contributed by atoms with Crippen molar-refractivity contribution in [3.63, 3.8) is 0 Å². The molecule has 0 aliphatic heterocycles. The molecule has 1 N–H and O–H groups in total. The van der Waals surface area contributed by atoms with Gasteiger partial charge in [0.05, 0.1) is 20.9 Å². The van der Waals surface area contributed by atoms with Gasteiger partial charge in [-0.3, -0.25) is 9.59 Å². The largest absolute Gasteiger partial charge is 0.324 e. The maximum Gasteiger partial charge on any atom is 0.267 e. The number of carbonyl (C=O) groups is 1. The topological polar surface area (TPSA) is 76.9 Å². The van der Waals surface area contributed by atoms with E-state index in [4.69, 9.17) is 0 Å². The molecule has 0 atom stereocenters. The Hall–Kier alpha value is -3.32. The van der Waals surface area contributed by atoms with Gasteiger partial charge < -0.3 is 5.32 Å². The number of nitrogens with zero attached hydrogens (tertiary/aromatic N) is 3. The third-order valence-electron chi connectivity index (χ3n) is 4.01. The summed E-state index contributed by atoms with van der Waals surface area (Å²) in [6.45, 7) is 1.79. The van der Waals surface area contributed by atoms with Crippen molar-refractivity contribution in [2.75, 3.05) is 5.32 Å². The standard InChI is InChI=1S/C20H16N4O2S/c1-13-21-17-11-15(7-9-18(17)27-13)22-19(25)12-24-20(26)10-8-16(23-24)14-5-3-2-4-6-14/h2-11H,12H2,1H3,(H,22,25). The monoisotopic (exact) mass is 376 g/mol. The predicted molar refractivity (Wildman–Crippen MR) is 107 cm³/mol. The molecule has 0 bridgehead atoms. The number of aryl methyl sites for hydroxylation is 1. The Morgan fingerprint density at radius 2 is 1.93 bits per heavy atom. The minimum Gasteiger partial charge on any atom is -0.324 e. The van der Waals surface area contributed by atoms with E-state index < -0.39 is 0 Å². The van der Waals surface area contributed by atoms with Crippen LogP contribution in [-0.4, -0.2) is 20.7 Å². The van der Waals surface area contributed by atoms with Crippen molar-refractivity contribution in [1.82, 2.24) is 14.8 Å². The summed E-state index contributed by atoms with van der Waals surface area (Å²) < 4.78 is 2.24. The van der Waals surface area contributed by atoms with Gasteiger partial charge in [0.2, 0.25) is 5.91 Å². The van der Waals surface area contributed by atoms with Crippen molar-refractivity contribution in [2.24, 2.45) is 0 Å². The lowest BCUT2D eigenvalue weighted by Gasteiger charge is -2.08. The van der Waals surface area contributed by atoms with Crippen LogP contribution in [0, 0.1) is 6.92 Å².